The van der Waals surface area contributed by atoms with Gasteiger partial charge in [0.1, 0.15) is 11.8 Å². The number of carboxylic acids is 1. The van der Waals surface area contributed by atoms with E-state index in [-0.39, 0.29) is 6.04 Å². The number of likely N-dealkylation sites (tertiary alicyclic amines) is 1. The van der Waals surface area contributed by atoms with Crippen molar-refractivity contribution in [2.75, 3.05) is 13.7 Å². The summed E-state index contributed by atoms with van der Waals surface area (Å²) in [5, 5.41) is 11.6. The molecule has 0 saturated carbocycles. The molecule has 0 radical (unpaired) electrons. The van der Waals surface area contributed by atoms with Gasteiger partial charge in [0.05, 0.1) is 7.11 Å². The minimum atomic E-state index is -0.715. The topological polar surface area (TPSA) is 49.8 Å². The van der Waals surface area contributed by atoms with Crippen molar-refractivity contribution in [1.29, 1.82) is 0 Å². The van der Waals surface area contributed by atoms with Crippen molar-refractivity contribution in [2.24, 2.45) is 0 Å². The first kappa shape index (κ1) is 14.9. The molecule has 1 unspecified atom stereocenters. The number of benzene rings is 2. The van der Waals surface area contributed by atoms with Gasteiger partial charge in [-0.1, -0.05) is 30.7 Å². The van der Waals surface area contributed by atoms with Gasteiger partial charge in [-0.15, -0.1) is 0 Å². The monoisotopic (exact) mass is 299 g/mol. The maximum Gasteiger partial charge on any atom is 0.320 e. The molecule has 4 heteroatoms. The predicted octanol–water partition coefficient (Wildman–Crippen LogP) is 3.29. The smallest absolute Gasteiger partial charge is 0.320 e. The molecule has 0 bridgehead atoms. The molecule has 2 aromatic rings. The van der Waals surface area contributed by atoms with Crippen LogP contribution in [0.1, 0.15) is 24.8 Å². The first-order chi connectivity index (χ1) is 10.7. The molecule has 0 aliphatic carbocycles. The van der Waals surface area contributed by atoms with Crippen LogP contribution < -0.4 is 4.74 Å². The van der Waals surface area contributed by atoms with Crippen molar-refractivity contribution >= 4 is 16.7 Å². The summed E-state index contributed by atoms with van der Waals surface area (Å²) < 4.78 is 5.50. The Labute approximate surface area is 130 Å². The Bertz CT molecular complexity index is 683. The predicted molar refractivity (Wildman–Crippen MR) is 86.2 cm³/mol. The van der Waals surface area contributed by atoms with E-state index in [1.54, 1.807) is 7.11 Å². The zero-order chi connectivity index (χ0) is 15.5. The SMILES string of the molecule is COc1cc(CN2CCCCC2C(=O)O)cc2ccccc12. The van der Waals surface area contributed by atoms with E-state index in [1.807, 2.05) is 24.3 Å². The fourth-order valence-corrected chi connectivity index (χ4v) is 3.29. The summed E-state index contributed by atoms with van der Waals surface area (Å²) in [4.78, 5) is 13.5. The third-order valence-corrected chi connectivity index (χ3v) is 4.39. The quantitative estimate of drug-likeness (QED) is 0.941. The van der Waals surface area contributed by atoms with Gasteiger partial charge in [-0.3, -0.25) is 9.69 Å². The summed E-state index contributed by atoms with van der Waals surface area (Å²) >= 11 is 0. The maximum atomic E-state index is 11.4. The Morgan fingerprint density at radius 2 is 2.14 bits per heavy atom. The number of hydrogen-bond donors (Lipinski definition) is 1. The third-order valence-electron chi connectivity index (χ3n) is 4.39. The largest absolute Gasteiger partial charge is 0.496 e. The second-order valence-electron chi connectivity index (χ2n) is 5.84. The van der Waals surface area contributed by atoms with Crippen LogP contribution in [0.5, 0.6) is 5.75 Å². The van der Waals surface area contributed by atoms with Crippen molar-refractivity contribution in [3.63, 3.8) is 0 Å². The van der Waals surface area contributed by atoms with Crippen molar-refractivity contribution in [1.82, 2.24) is 4.90 Å². The van der Waals surface area contributed by atoms with Gasteiger partial charge in [0.15, 0.2) is 0 Å². The van der Waals surface area contributed by atoms with E-state index in [0.717, 1.165) is 47.9 Å². The van der Waals surface area contributed by atoms with Gasteiger partial charge in [0.25, 0.3) is 0 Å². The molecule has 1 atom stereocenters. The number of hydrogen-bond acceptors (Lipinski definition) is 3. The summed E-state index contributed by atoms with van der Waals surface area (Å²) in [6.45, 7) is 1.49. The number of piperidine rings is 1. The second kappa shape index (κ2) is 6.36. The van der Waals surface area contributed by atoms with Crippen molar-refractivity contribution in [3.8, 4) is 5.75 Å². The normalized spacial score (nSPS) is 19.2. The molecule has 0 spiro atoms. The molecule has 1 fully saturated rings. The first-order valence-corrected chi connectivity index (χ1v) is 7.71. The average molecular weight is 299 g/mol. The van der Waals surface area contributed by atoms with E-state index in [1.165, 1.54) is 0 Å². The zero-order valence-corrected chi connectivity index (χ0v) is 12.8. The highest BCUT2D eigenvalue weighted by molar-refractivity contribution is 5.89. The lowest BCUT2D eigenvalue weighted by Crippen LogP contribution is -2.43. The molecule has 1 aliphatic rings. The lowest BCUT2D eigenvalue weighted by molar-refractivity contribution is -0.144. The molecule has 3 rings (SSSR count). The van der Waals surface area contributed by atoms with Crippen LogP contribution in [0.2, 0.25) is 0 Å². The van der Waals surface area contributed by atoms with Gasteiger partial charge in [-0.25, -0.2) is 0 Å². The van der Waals surface area contributed by atoms with Gasteiger partial charge in [0.2, 0.25) is 0 Å². The molecule has 22 heavy (non-hydrogen) atoms. The summed E-state index contributed by atoms with van der Waals surface area (Å²) in [6.07, 6.45) is 2.79. The number of carboxylic acid groups (broad SMARTS) is 1. The Morgan fingerprint density at radius 3 is 2.91 bits per heavy atom. The molecule has 1 heterocycles. The summed E-state index contributed by atoms with van der Waals surface area (Å²) in [5.41, 5.74) is 1.10. The standard InChI is InChI=1S/C18H21NO3/c1-22-17-11-13(10-14-6-2-3-7-15(14)17)12-19-9-5-4-8-16(19)18(20)21/h2-3,6-7,10-11,16H,4-5,8-9,12H2,1H3,(H,20,21). The molecule has 1 saturated heterocycles. The Balaban J connectivity index is 1.91. The van der Waals surface area contributed by atoms with E-state index in [2.05, 4.69) is 17.0 Å². The van der Waals surface area contributed by atoms with Crippen LogP contribution in [0.25, 0.3) is 10.8 Å². The minimum absolute atomic E-state index is 0.369. The molecule has 4 nitrogen and oxygen atoms in total. The molecular weight excluding hydrogens is 278 g/mol. The van der Waals surface area contributed by atoms with Crippen LogP contribution in [0.4, 0.5) is 0 Å². The third kappa shape index (κ3) is 2.92. The number of rotatable bonds is 4. The number of methoxy groups -OCH3 is 1. The van der Waals surface area contributed by atoms with Crippen LogP contribution in [-0.2, 0) is 11.3 Å². The van der Waals surface area contributed by atoms with Crippen LogP contribution in [0.15, 0.2) is 36.4 Å². The highest BCUT2D eigenvalue weighted by Crippen LogP contribution is 2.29. The summed E-state index contributed by atoms with van der Waals surface area (Å²) in [7, 11) is 1.67. The van der Waals surface area contributed by atoms with Gasteiger partial charge < -0.3 is 9.84 Å². The maximum absolute atomic E-state index is 11.4. The number of carbonyl (C=O) groups is 1. The highest BCUT2D eigenvalue weighted by atomic mass is 16.5. The Hall–Kier alpha value is -2.07. The number of nitrogens with zero attached hydrogens (tertiary/aromatic N) is 1. The molecule has 1 N–H and O–H groups in total. The van der Waals surface area contributed by atoms with E-state index in [9.17, 15) is 9.90 Å². The van der Waals surface area contributed by atoms with Crippen LogP contribution in [0.3, 0.4) is 0 Å². The average Bonchev–Trinajstić information content (AvgIpc) is 2.54. The first-order valence-electron chi connectivity index (χ1n) is 7.71. The zero-order valence-electron chi connectivity index (χ0n) is 12.8. The van der Waals surface area contributed by atoms with Gasteiger partial charge in [-0.2, -0.15) is 0 Å². The number of ether oxygens (including phenoxy) is 1. The molecule has 0 amide bonds. The summed E-state index contributed by atoms with van der Waals surface area (Å²) in [6, 6.07) is 11.9. The molecule has 1 aliphatic heterocycles. The van der Waals surface area contributed by atoms with Crippen molar-refractivity contribution in [3.05, 3.63) is 42.0 Å². The van der Waals surface area contributed by atoms with E-state index >= 15 is 0 Å². The Morgan fingerprint density at radius 1 is 1.32 bits per heavy atom. The second-order valence-corrected chi connectivity index (χ2v) is 5.84. The highest BCUT2D eigenvalue weighted by Gasteiger charge is 2.28. The van der Waals surface area contributed by atoms with E-state index in [0.29, 0.717) is 6.54 Å². The number of fused-ring (bicyclic) bond motifs is 1. The molecule has 2 aromatic carbocycles. The molecular formula is C18H21NO3. The van der Waals surface area contributed by atoms with Gasteiger partial charge in [0, 0.05) is 11.9 Å². The van der Waals surface area contributed by atoms with Crippen LogP contribution in [-0.4, -0.2) is 35.7 Å². The fourth-order valence-electron chi connectivity index (χ4n) is 3.29. The lowest BCUT2D eigenvalue weighted by Gasteiger charge is -2.33. The van der Waals surface area contributed by atoms with Gasteiger partial charge in [-0.05, 0) is 42.5 Å². The number of aliphatic carboxylic acids is 1. The van der Waals surface area contributed by atoms with Crippen LogP contribution >= 0.6 is 0 Å². The van der Waals surface area contributed by atoms with Gasteiger partial charge >= 0.3 is 5.97 Å². The fraction of sp³-hybridized carbons (Fsp3) is 0.389. The molecule has 0 aromatic heterocycles. The van der Waals surface area contributed by atoms with E-state index in [4.69, 9.17) is 4.74 Å². The lowest BCUT2D eigenvalue weighted by atomic mass is 10.00. The Kier molecular flexibility index (Phi) is 4.29. The molecule has 116 valence electrons. The van der Waals surface area contributed by atoms with Crippen molar-refractivity contribution < 1.29 is 14.6 Å². The minimum Gasteiger partial charge on any atom is -0.496 e. The van der Waals surface area contributed by atoms with E-state index < -0.39 is 5.97 Å². The van der Waals surface area contributed by atoms with Crippen LogP contribution in [0, 0.1) is 0 Å². The summed E-state index contributed by atoms with van der Waals surface area (Å²) in [5.74, 6) is 0.129. The van der Waals surface area contributed by atoms with Crippen molar-refractivity contribution in [2.45, 2.75) is 31.8 Å².